The summed E-state index contributed by atoms with van der Waals surface area (Å²) in [5, 5.41) is 2.13. The molecule has 0 radical (unpaired) electrons. The predicted octanol–water partition coefficient (Wildman–Crippen LogP) is 4.55. The van der Waals surface area contributed by atoms with Gasteiger partial charge in [-0.25, -0.2) is 0 Å². The lowest BCUT2D eigenvalue weighted by Gasteiger charge is -2.22. The Morgan fingerprint density at radius 2 is 1.95 bits per heavy atom. The van der Waals surface area contributed by atoms with Gasteiger partial charge in [-0.3, -0.25) is 0 Å². The molecule has 2 aromatic carbocycles. The van der Waals surface area contributed by atoms with E-state index in [-0.39, 0.29) is 11.5 Å². The summed E-state index contributed by atoms with van der Waals surface area (Å²) >= 11 is 6.72. The molecule has 0 saturated carbocycles. The minimum Gasteiger partial charge on any atom is -0.496 e. The molecule has 3 rings (SSSR count). The Balaban J connectivity index is 2.07. The summed E-state index contributed by atoms with van der Waals surface area (Å²) in [4.78, 5) is 0. The lowest BCUT2D eigenvalue weighted by molar-refractivity contribution is 0.0906. The standard InChI is InChI=1S/C17H19ClO2/c1-11-9-10-20-17(11)16(18)14-7-8-15(19-2)13-6-4-3-5-12(13)14/h3-8,11,16-17H,9-10H2,1-2H3. The van der Waals surface area contributed by atoms with Crippen LogP contribution in [0.15, 0.2) is 36.4 Å². The molecule has 20 heavy (non-hydrogen) atoms. The molecular weight excluding hydrogens is 272 g/mol. The third-order valence-corrected chi connectivity index (χ3v) is 4.65. The average molecular weight is 291 g/mol. The van der Waals surface area contributed by atoms with Crippen molar-refractivity contribution in [3.63, 3.8) is 0 Å². The summed E-state index contributed by atoms with van der Waals surface area (Å²) in [6, 6.07) is 12.3. The molecule has 3 unspecified atom stereocenters. The normalized spacial score (nSPS) is 23.9. The van der Waals surface area contributed by atoms with E-state index < -0.39 is 0 Å². The monoisotopic (exact) mass is 290 g/mol. The van der Waals surface area contributed by atoms with Gasteiger partial charge < -0.3 is 9.47 Å². The number of methoxy groups -OCH3 is 1. The van der Waals surface area contributed by atoms with Gasteiger partial charge in [0.05, 0.1) is 18.6 Å². The SMILES string of the molecule is COc1ccc(C(Cl)C2OCCC2C)c2ccccc12. The van der Waals surface area contributed by atoms with Gasteiger partial charge in [-0.2, -0.15) is 0 Å². The third kappa shape index (κ3) is 2.27. The van der Waals surface area contributed by atoms with Gasteiger partial charge in [-0.05, 0) is 29.4 Å². The van der Waals surface area contributed by atoms with Gasteiger partial charge in [0, 0.05) is 12.0 Å². The average Bonchev–Trinajstić information content (AvgIpc) is 2.91. The Labute approximate surface area is 124 Å². The maximum Gasteiger partial charge on any atom is 0.126 e. The van der Waals surface area contributed by atoms with Crippen molar-refractivity contribution in [2.24, 2.45) is 5.92 Å². The van der Waals surface area contributed by atoms with Crippen molar-refractivity contribution >= 4 is 22.4 Å². The fourth-order valence-electron chi connectivity index (χ4n) is 2.98. The van der Waals surface area contributed by atoms with Crippen LogP contribution in [0.4, 0.5) is 0 Å². The first-order chi connectivity index (χ1) is 9.72. The van der Waals surface area contributed by atoms with Crippen molar-refractivity contribution < 1.29 is 9.47 Å². The number of hydrogen-bond acceptors (Lipinski definition) is 2. The van der Waals surface area contributed by atoms with Gasteiger partial charge in [0.1, 0.15) is 5.75 Å². The Morgan fingerprint density at radius 1 is 1.20 bits per heavy atom. The highest BCUT2D eigenvalue weighted by molar-refractivity contribution is 6.22. The fourth-order valence-corrected chi connectivity index (χ4v) is 3.49. The molecule has 2 nitrogen and oxygen atoms in total. The van der Waals surface area contributed by atoms with E-state index in [0.717, 1.165) is 35.1 Å². The molecule has 2 aromatic rings. The summed E-state index contributed by atoms with van der Waals surface area (Å²) < 4.78 is 11.3. The molecule has 0 aromatic heterocycles. The Bertz CT molecular complexity index is 611. The third-order valence-electron chi connectivity index (χ3n) is 4.17. The second-order valence-corrected chi connectivity index (χ2v) is 5.88. The number of alkyl halides is 1. The van der Waals surface area contributed by atoms with E-state index in [2.05, 4.69) is 25.1 Å². The molecular formula is C17H19ClO2. The molecule has 1 fully saturated rings. The summed E-state index contributed by atoms with van der Waals surface area (Å²) in [7, 11) is 1.70. The van der Waals surface area contributed by atoms with Crippen LogP contribution in [0, 0.1) is 5.92 Å². The van der Waals surface area contributed by atoms with Gasteiger partial charge in [0.15, 0.2) is 0 Å². The van der Waals surface area contributed by atoms with Gasteiger partial charge in [0.25, 0.3) is 0 Å². The Morgan fingerprint density at radius 3 is 2.60 bits per heavy atom. The quantitative estimate of drug-likeness (QED) is 0.772. The van der Waals surface area contributed by atoms with Crippen LogP contribution >= 0.6 is 11.6 Å². The van der Waals surface area contributed by atoms with Gasteiger partial charge in [-0.15, -0.1) is 11.6 Å². The van der Waals surface area contributed by atoms with E-state index in [1.165, 1.54) is 0 Å². The van der Waals surface area contributed by atoms with Crippen LogP contribution in [-0.4, -0.2) is 19.8 Å². The molecule has 1 aliphatic rings. The number of ether oxygens (including phenoxy) is 2. The first-order valence-electron chi connectivity index (χ1n) is 7.03. The molecule has 1 saturated heterocycles. The topological polar surface area (TPSA) is 18.5 Å². The molecule has 0 aliphatic carbocycles. The van der Waals surface area contributed by atoms with Crippen molar-refractivity contribution in [3.05, 3.63) is 42.0 Å². The van der Waals surface area contributed by atoms with E-state index in [1.54, 1.807) is 7.11 Å². The lowest BCUT2D eigenvalue weighted by atomic mass is 9.93. The van der Waals surface area contributed by atoms with Crippen LogP contribution in [0.5, 0.6) is 5.75 Å². The van der Waals surface area contributed by atoms with Crippen LogP contribution in [0.1, 0.15) is 24.3 Å². The first kappa shape index (κ1) is 13.7. The number of fused-ring (bicyclic) bond motifs is 1. The highest BCUT2D eigenvalue weighted by Crippen LogP contribution is 2.40. The van der Waals surface area contributed by atoms with Crippen LogP contribution < -0.4 is 4.74 Å². The molecule has 0 amide bonds. The number of halogens is 1. The van der Waals surface area contributed by atoms with Crippen LogP contribution in [-0.2, 0) is 4.74 Å². The van der Waals surface area contributed by atoms with Crippen molar-refractivity contribution in [3.8, 4) is 5.75 Å². The van der Waals surface area contributed by atoms with Gasteiger partial charge in [0.2, 0.25) is 0 Å². The zero-order valence-electron chi connectivity index (χ0n) is 11.8. The molecule has 1 heterocycles. The maximum atomic E-state index is 6.72. The highest BCUT2D eigenvalue weighted by atomic mass is 35.5. The largest absolute Gasteiger partial charge is 0.496 e. The molecule has 3 atom stereocenters. The van der Waals surface area contributed by atoms with Gasteiger partial charge in [-0.1, -0.05) is 37.3 Å². The molecule has 0 N–H and O–H groups in total. The maximum absolute atomic E-state index is 6.72. The number of benzene rings is 2. The molecule has 1 aliphatic heterocycles. The first-order valence-corrected chi connectivity index (χ1v) is 7.47. The zero-order chi connectivity index (χ0) is 14.1. The summed E-state index contributed by atoms with van der Waals surface area (Å²) in [6.07, 6.45) is 1.18. The Kier molecular flexibility index (Phi) is 3.86. The summed E-state index contributed by atoms with van der Waals surface area (Å²) in [5.41, 5.74) is 1.13. The minimum absolute atomic E-state index is 0.0912. The van der Waals surface area contributed by atoms with E-state index in [0.29, 0.717) is 5.92 Å². The van der Waals surface area contributed by atoms with Gasteiger partial charge >= 0.3 is 0 Å². The number of hydrogen-bond donors (Lipinski definition) is 0. The van der Waals surface area contributed by atoms with Crippen molar-refractivity contribution in [2.75, 3.05) is 13.7 Å². The molecule has 0 spiro atoms. The number of rotatable bonds is 3. The lowest BCUT2D eigenvalue weighted by Crippen LogP contribution is -2.19. The smallest absolute Gasteiger partial charge is 0.126 e. The van der Waals surface area contributed by atoms with Crippen LogP contribution in [0.25, 0.3) is 10.8 Å². The highest BCUT2D eigenvalue weighted by Gasteiger charge is 2.32. The van der Waals surface area contributed by atoms with E-state index >= 15 is 0 Å². The van der Waals surface area contributed by atoms with E-state index in [1.807, 2.05) is 18.2 Å². The fraction of sp³-hybridized carbons (Fsp3) is 0.412. The summed E-state index contributed by atoms with van der Waals surface area (Å²) in [5.74, 6) is 1.38. The zero-order valence-corrected chi connectivity index (χ0v) is 12.6. The van der Waals surface area contributed by atoms with Crippen LogP contribution in [0.2, 0.25) is 0 Å². The van der Waals surface area contributed by atoms with Crippen molar-refractivity contribution in [1.82, 2.24) is 0 Å². The van der Waals surface area contributed by atoms with E-state index in [9.17, 15) is 0 Å². The summed E-state index contributed by atoms with van der Waals surface area (Å²) in [6.45, 7) is 3.02. The predicted molar refractivity (Wildman–Crippen MR) is 82.6 cm³/mol. The molecule has 3 heteroatoms. The second kappa shape index (κ2) is 5.63. The van der Waals surface area contributed by atoms with Crippen LogP contribution in [0.3, 0.4) is 0 Å². The minimum atomic E-state index is -0.122. The molecule has 0 bridgehead atoms. The molecule has 106 valence electrons. The van der Waals surface area contributed by atoms with Crippen molar-refractivity contribution in [2.45, 2.75) is 24.8 Å². The second-order valence-electron chi connectivity index (χ2n) is 5.41. The van der Waals surface area contributed by atoms with Crippen molar-refractivity contribution in [1.29, 1.82) is 0 Å². The van der Waals surface area contributed by atoms with E-state index in [4.69, 9.17) is 21.1 Å². The Hall–Kier alpha value is -1.25.